The number of piperazine rings is 1. The molecule has 2 aliphatic rings. The number of hydrogen-bond donors (Lipinski definition) is 2. The van der Waals surface area contributed by atoms with Gasteiger partial charge in [-0.15, -0.1) is 0 Å². The van der Waals surface area contributed by atoms with Crippen molar-refractivity contribution in [2.24, 2.45) is 0 Å². The highest BCUT2D eigenvalue weighted by atomic mass is 32.2. The highest BCUT2D eigenvalue weighted by Crippen LogP contribution is 2.44. The fourth-order valence-corrected chi connectivity index (χ4v) is 5.65. The molecule has 12 heteroatoms. The van der Waals surface area contributed by atoms with Crippen LogP contribution in [-0.2, 0) is 27.9 Å². The normalized spacial score (nSPS) is 16.1. The monoisotopic (exact) mass is 570 g/mol. The Morgan fingerprint density at radius 3 is 2.48 bits per heavy atom. The number of nitrogens with zero attached hydrogens (tertiary/aromatic N) is 2. The van der Waals surface area contributed by atoms with E-state index in [-0.39, 0.29) is 23.6 Å². The molecular formula is C28H34N4O7S. The van der Waals surface area contributed by atoms with E-state index in [1.807, 2.05) is 24.3 Å². The third kappa shape index (κ3) is 5.65. The molecule has 3 heterocycles. The van der Waals surface area contributed by atoms with Gasteiger partial charge in [0.1, 0.15) is 5.60 Å². The van der Waals surface area contributed by atoms with Crippen molar-refractivity contribution in [1.82, 2.24) is 20.1 Å². The molecule has 0 bridgehead atoms. The van der Waals surface area contributed by atoms with E-state index in [1.54, 1.807) is 20.8 Å². The first-order valence-electron chi connectivity index (χ1n) is 13.1. The Bertz CT molecular complexity index is 1600. The van der Waals surface area contributed by atoms with Crippen LogP contribution in [0.4, 0.5) is 4.79 Å². The second-order valence-electron chi connectivity index (χ2n) is 11.0. The maximum Gasteiger partial charge on any atom is 0.419 e. The minimum absolute atomic E-state index is 0.0464. The number of nitrogens with one attached hydrogen (secondary N) is 2. The van der Waals surface area contributed by atoms with Crippen LogP contribution in [0.2, 0.25) is 0 Å². The van der Waals surface area contributed by atoms with E-state index in [2.05, 4.69) is 15.5 Å². The number of carbonyl (C=O) groups excluding carboxylic acids is 2. The standard InChI is InChI=1S/C28H34N4O7S/c1-28(2,3)38-27(34)32-21-7-6-17(16-31-10-8-29-9-11-31)12-18(21)13-22(32)19-14-23(37-4)25(39-40(5,35)36)20-15-30-26(33)24(19)20/h6-7,12-14,29H,8-11,15-16H2,1-5H3,(H,30,33). The van der Waals surface area contributed by atoms with Gasteiger partial charge in [-0.05, 0) is 50.6 Å². The molecule has 1 aromatic heterocycles. The summed E-state index contributed by atoms with van der Waals surface area (Å²) >= 11 is 0. The quantitative estimate of drug-likeness (QED) is 0.430. The zero-order valence-corrected chi connectivity index (χ0v) is 24.1. The predicted molar refractivity (Wildman–Crippen MR) is 150 cm³/mol. The Morgan fingerprint density at radius 1 is 1.10 bits per heavy atom. The third-order valence-electron chi connectivity index (χ3n) is 6.79. The minimum Gasteiger partial charge on any atom is -0.493 e. The first-order valence-corrected chi connectivity index (χ1v) is 14.9. The Hall–Kier alpha value is -3.61. The molecule has 0 unspecified atom stereocenters. The Balaban J connectivity index is 1.71. The Morgan fingerprint density at radius 2 is 1.82 bits per heavy atom. The van der Waals surface area contributed by atoms with E-state index in [9.17, 15) is 18.0 Å². The van der Waals surface area contributed by atoms with Gasteiger partial charge >= 0.3 is 16.2 Å². The lowest BCUT2D eigenvalue weighted by Crippen LogP contribution is -2.42. The lowest BCUT2D eigenvalue weighted by atomic mass is 9.98. The summed E-state index contributed by atoms with van der Waals surface area (Å²) in [5.74, 6) is -0.345. The summed E-state index contributed by atoms with van der Waals surface area (Å²) in [6.45, 7) is 9.95. The molecule has 3 aromatic rings. The zero-order valence-electron chi connectivity index (χ0n) is 23.3. The van der Waals surface area contributed by atoms with Crippen molar-refractivity contribution in [3.63, 3.8) is 0 Å². The van der Waals surface area contributed by atoms with Gasteiger partial charge in [0, 0.05) is 55.8 Å². The van der Waals surface area contributed by atoms with Crippen molar-refractivity contribution in [1.29, 1.82) is 0 Å². The SMILES string of the molecule is COc1cc(-c2cc3cc(CN4CCNCC4)ccc3n2C(=O)OC(C)(C)C)c2c(c1OS(C)(=O)=O)CNC2=O. The zero-order chi connectivity index (χ0) is 28.8. The molecule has 0 aliphatic carbocycles. The summed E-state index contributed by atoms with van der Waals surface area (Å²) in [7, 11) is -2.53. The third-order valence-corrected chi connectivity index (χ3v) is 7.26. The lowest BCUT2D eigenvalue weighted by Gasteiger charge is -2.27. The van der Waals surface area contributed by atoms with Crippen LogP contribution in [-0.4, -0.2) is 75.0 Å². The molecular weight excluding hydrogens is 536 g/mol. The number of amides is 1. The van der Waals surface area contributed by atoms with Crippen LogP contribution in [0.5, 0.6) is 11.5 Å². The van der Waals surface area contributed by atoms with Gasteiger partial charge in [-0.3, -0.25) is 9.69 Å². The largest absolute Gasteiger partial charge is 0.493 e. The number of carbonyl (C=O) groups is 2. The van der Waals surface area contributed by atoms with E-state index < -0.39 is 27.7 Å². The molecule has 1 amide bonds. The molecule has 0 spiro atoms. The summed E-state index contributed by atoms with van der Waals surface area (Å²) in [4.78, 5) is 29.1. The van der Waals surface area contributed by atoms with Gasteiger partial charge in [-0.25, -0.2) is 9.36 Å². The Kier molecular flexibility index (Phi) is 7.28. The summed E-state index contributed by atoms with van der Waals surface area (Å²) in [6.07, 6.45) is 0.324. The Labute approximate surface area is 233 Å². The van der Waals surface area contributed by atoms with Gasteiger partial charge in [0.25, 0.3) is 5.91 Å². The number of fused-ring (bicyclic) bond motifs is 2. The first kappa shape index (κ1) is 27.9. The lowest BCUT2D eigenvalue weighted by molar-refractivity contribution is 0.0546. The molecule has 2 N–H and O–H groups in total. The van der Waals surface area contributed by atoms with Crippen LogP contribution in [0.15, 0.2) is 30.3 Å². The summed E-state index contributed by atoms with van der Waals surface area (Å²) < 4.78 is 42.0. The fourth-order valence-electron chi connectivity index (χ4n) is 5.17. The minimum atomic E-state index is -3.91. The van der Waals surface area contributed by atoms with Crippen molar-refractivity contribution >= 4 is 33.0 Å². The smallest absolute Gasteiger partial charge is 0.419 e. The van der Waals surface area contributed by atoms with Crippen LogP contribution < -0.4 is 19.6 Å². The maximum absolute atomic E-state index is 13.6. The molecule has 40 heavy (non-hydrogen) atoms. The predicted octanol–water partition coefficient (Wildman–Crippen LogP) is 3.09. The second kappa shape index (κ2) is 10.4. The van der Waals surface area contributed by atoms with E-state index in [0.717, 1.165) is 49.9 Å². The summed E-state index contributed by atoms with van der Waals surface area (Å²) in [6, 6.07) is 9.30. The van der Waals surface area contributed by atoms with Gasteiger partial charge in [0.2, 0.25) is 0 Å². The molecule has 1 saturated heterocycles. The van der Waals surface area contributed by atoms with Gasteiger partial charge in [-0.1, -0.05) is 6.07 Å². The number of rotatable bonds is 6. The molecule has 11 nitrogen and oxygen atoms in total. The topological polar surface area (TPSA) is 128 Å². The van der Waals surface area contributed by atoms with E-state index in [1.165, 1.54) is 17.7 Å². The first-order chi connectivity index (χ1) is 18.8. The van der Waals surface area contributed by atoms with Gasteiger partial charge in [0.05, 0.1) is 30.1 Å². The summed E-state index contributed by atoms with van der Waals surface area (Å²) in [5.41, 5.74) is 2.32. The number of methoxy groups -OCH3 is 1. The molecule has 1 fully saturated rings. The van der Waals surface area contributed by atoms with Crippen LogP contribution in [0.25, 0.3) is 22.2 Å². The van der Waals surface area contributed by atoms with Crippen molar-refractivity contribution in [2.75, 3.05) is 39.5 Å². The number of ether oxygens (including phenoxy) is 2. The highest BCUT2D eigenvalue weighted by Gasteiger charge is 2.34. The van der Waals surface area contributed by atoms with Crippen molar-refractivity contribution in [2.45, 2.75) is 39.5 Å². The van der Waals surface area contributed by atoms with Crippen molar-refractivity contribution in [3.05, 3.63) is 47.0 Å². The average Bonchev–Trinajstić information content (AvgIpc) is 3.44. The van der Waals surface area contributed by atoms with E-state index in [0.29, 0.717) is 22.3 Å². The van der Waals surface area contributed by atoms with Crippen molar-refractivity contribution < 1.29 is 31.7 Å². The highest BCUT2D eigenvalue weighted by molar-refractivity contribution is 7.86. The average molecular weight is 571 g/mol. The molecule has 2 aromatic carbocycles. The molecule has 0 saturated carbocycles. The van der Waals surface area contributed by atoms with Gasteiger partial charge in [-0.2, -0.15) is 8.42 Å². The number of benzene rings is 2. The van der Waals surface area contributed by atoms with E-state index in [4.69, 9.17) is 13.7 Å². The molecule has 214 valence electrons. The maximum atomic E-state index is 13.6. The fraction of sp³-hybridized carbons (Fsp3) is 0.429. The van der Waals surface area contributed by atoms with Gasteiger partial charge in [0.15, 0.2) is 11.5 Å². The van der Waals surface area contributed by atoms with Crippen LogP contribution >= 0.6 is 0 Å². The molecule has 0 atom stereocenters. The van der Waals surface area contributed by atoms with Crippen LogP contribution in [0, 0.1) is 0 Å². The van der Waals surface area contributed by atoms with E-state index >= 15 is 0 Å². The molecule has 5 rings (SSSR count). The number of aromatic nitrogens is 1. The van der Waals surface area contributed by atoms with Crippen LogP contribution in [0.1, 0.15) is 42.3 Å². The number of hydrogen-bond acceptors (Lipinski definition) is 9. The molecule has 0 radical (unpaired) electrons. The van der Waals surface area contributed by atoms with Gasteiger partial charge < -0.3 is 24.3 Å². The molecule has 2 aliphatic heterocycles. The second-order valence-corrected chi connectivity index (χ2v) is 12.6. The van der Waals surface area contributed by atoms with Crippen LogP contribution in [0.3, 0.4) is 0 Å². The van der Waals surface area contributed by atoms with Crippen molar-refractivity contribution in [3.8, 4) is 22.8 Å². The summed E-state index contributed by atoms with van der Waals surface area (Å²) in [5, 5.41) is 6.90.